The molecule has 2 aromatic carbocycles. The predicted octanol–water partition coefficient (Wildman–Crippen LogP) is 4.93. The first-order valence-corrected chi connectivity index (χ1v) is 10.5. The van der Waals surface area contributed by atoms with E-state index >= 15 is 0 Å². The van der Waals surface area contributed by atoms with Crippen LogP contribution < -0.4 is 4.74 Å². The van der Waals surface area contributed by atoms with Crippen molar-refractivity contribution >= 4 is 29.3 Å². The molecule has 6 nitrogen and oxygen atoms in total. The zero-order valence-electron chi connectivity index (χ0n) is 16.5. The number of hydrogen-bond donors (Lipinski definition) is 0. The van der Waals surface area contributed by atoms with Crippen molar-refractivity contribution in [3.8, 4) is 17.2 Å². The molecule has 0 saturated heterocycles. The van der Waals surface area contributed by atoms with Crippen LogP contribution in [-0.2, 0) is 11.3 Å². The lowest BCUT2D eigenvalue weighted by Gasteiger charge is -2.25. The van der Waals surface area contributed by atoms with Gasteiger partial charge in [0.1, 0.15) is 5.75 Å². The van der Waals surface area contributed by atoms with E-state index in [4.69, 9.17) is 20.8 Å². The van der Waals surface area contributed by atoms with E-state index in [0.717, 1.165) is 16.2 Å². The van der Waals surface area contributed by atoms with Gasteiger partial charge in [-0.1, -0.05) is 11.6 Å². The molecule has 1 amide bonds. The molecule has 3 rings (SSSR count). The van der Waals surface area contributed by atoms with Gasteiger partial charge in [0, 0.05) is 21.5 Å². The van der Waals surface area contributed by atoms with E-state index in [1.807, 2.05) is 50.2 Å². The quantitative estimate of drug-likeness (QED) is 0.471. The minimum Gasteiger partial charge on any atom is -0.497 e. The molecule has 29 heavy (non-hydrogen) atoms. The standard InChI is InChI=1S/C21H22ClN3O3S/c1-14(2)25(20(26)13-29-18-10-8-17(27-3)9-11-18)12-19-23-24-21(28-19)15-4-6-16(22)7-5-15/h4-11,14H,12-13H2,1-3H3. The normalized spacial score (nSPS) is 10.9. The highest BCUT2D eigenvalue weighted by atomic mass is 35.5. The van der Waals surface area contributed by atoms with Crippen LogP contribution in [0.1, 0.15) is 19.7 Å². The number of carbonyl (C=O) groups is 1. The summed E-state index contributed by atoms with van der Waals surface area (Å²) in [5, 5.41) is 8.81. The maximum atomic E-state index is 12.8. The third kappa shape index (κ3) is 5.74. The number of ether oxygens (including phenoxy) is 1. The molecule has 1 aromatic heterocycles. The molecule has 0 unspecified atom stereocenters. The number of benzene rings is 2. The van der Waals surface area contributed by atoms with E-state index in [1.54, 1.807) is 24.1 Å². The van der Waals surface area contributed by atoms with Gasteiger partial charge in [0.25, 0.3) is 0 Å². The van der Waals surface area contributed by atoms with Crippen LogP contribution in [0.5, 0.6) is 5.75 Å². The molecule has 0 saturated carbocycles. The maximum Gasteiger partial charge on any atom is 0.247 e. The zero-order chi connectivity index (χ0) is 20.8. The lowest BCUT2D eigenvalue weighted by atomic mass is 10.2. The predicted molar refractivity (Wildman–Crippen MR) is 114 cm³/mol. The molecule has 1 heterocycles. The Kier molecular flexibility index (Phi) is 7.17. The molecule has 0 aliphatic rings. The van der Waals surface area contributed by atoms with Crippen LogP contribution in [0.25, 0.3) is 11.5 Å². The fourth-order valence-electron chi connectivity index (χ4n) is 2.63. The number of halogens is 1. The Balaban J connectivity index is 1.63. The Labute approximate surface area is 179 Å². The van der Waals surface area contributed by atoms with Gasteiger partial charge in [-0.2, -0.15) is 0 Å². The molecule has 3 aromatic rings. The summed E-state index contributed by atoms with van der Waals surface area (Å²) in [6, 6.07) is 14.8. The van der Waals surface area contributed by atoms with Crippen molar-refractivity contribution in [1.82, 2.24) is 15.1 Å². The van der Waals surface area contributed by atoms with E-state index in [-0.39, 0.29) is 18.5 Å². The third-order valence-corrected chi connectivity index (χ3v) is 5.48. The van der Waals surface area contributed by atoms with Gasteiger partial charge in [0.15, 0.2) is 0 Å². The lowest BCUT2D eigenvalue weighted by molar-refractivity contribution is -0.131. The van der Waals surface area contributed by atoms with Crippen LogP contribution in [0.4, 0.5) is 0 Å². The summed E-state index contributed by atoms with van der Waals surface area (Å²) in [6.45, 7) is 4.19. The van der Waals surface area contributed by atoms with Crippen LogP contribution in [0.3, 0.4) is 0 Å². The Morgan fingerprint density at radius 1 is 1.14 bits per heavy atom. The minimum absolute atomic E-state index is 0.00449. The summed E-state index contributed by atoms with van der Waals surface area (Å²) < 4.78 is 10.9. The first-order chi connectivity index (χ1) is 14.0. The number of thioether (sulfide) groups is 1. The summed E-state index contributed by atoms with van der Waals surface area (Å²) in [6.07, 6.45) is 0. The van der Waals surface area contributed by atoms with E-state index in [0.29, 0.717) is 22.6 Å². The van der Waals surface area contributed by atoms with Gasteiger partial charge < -0.3 is 14.1 Å². The van der Waals surface area contributed by atoms with E-state index < -0.39 is 0 Å². The second-order valence-corrected chi connectivity index (χ2v) is 8.07. The minimum atomic E-state index is 0.00449. The van der Waals surface area contributed by atoms with Crippen LogP contribution >= 0.6 is 23.4 Å². The summed E-state index contributed by atoms with van der Waals surface area (Å²) in [4.78, 5) is 15.5. The van der Waals surface area contributed by atoms with Crippen LogP contribution in [0.15, 0.2) is 57.8 Å². The molecule has 0 aliphatic carbocycles. The molecule has 0 radical (unpaired) electrons. The molecular weight excluding hydrogens is 410 g/mol. The molecule has 0 atom stereocenters. The Hall–Kier alpha value is -2.51. The largest absolute Gasteiger partial charge is 0.497 e. The van der Waals surface area contributed by atoms with Gasteiger partial charge in [-0.25, -0.2) is 0 Å². The number of rotatable bonds is 8. The van der Waals surface area contributed by atoms with Gasteiger partial charge >= 0.3 is 0 Å². The fraction of sp³-hybridized carbons (Fsp3) is 0.286. The highest BCUT2D eigenvalue weighted by Crippen LogP contribution is 2.23. The second kappa shape index (κ2) is 9.80. The summed E-state index contributed by atoms with van der Waals surface area (Å²) in [5.74, 6) is 1.92. The molecule has 152 valence electrons. The molecule has 8 heteroatoms. The SMILES string of the molecule is COc1ccc(SCC(=O)N(Cc2nnc(-c3ccc(Cl)cc3)o2)C(C)C)cc1. The van der Waals surface area contributed by atoms with Gasteiger partial charge in [0.05, 0.1) is 19.4 Å². The maximum absolute atomic E-state index is 12.8. The van der Waals surface area contributed by atoms with E-state index in [2.05, 4.69) is 10.2 Å². The van der Waals surface area contributed by atoms with Crippen molar-refractivity contribution < 1.29 is 13.9 Å². The molecule has 0 aliphatic heterocycles. The Morgan fingerprint density at radius 3 is 2.45 bits per heavy atom. The van der Waals surface area contributed by atoms with Gasteiger partial charge in [-0.05, 0) is 62.4 Å². The van der Waals surface area contributed by atoms with Crippen LogP contribution in [-0.4, -0.2) is 39.9 Å². The number of carbonyl (C=O) groups excluding carboxylic acids is 1. The number of nitrogens with zero attached hydrogens (tertiary/aromatic N) is 3. The Morgan fingerprint density at radius 2 is 1.83 bits per heavy atom. The first kappa shape index (κ1) is 21.2. The first-order valence-electron chi connectivity index (χ1n) is 9.11. The Bertz CT molecular complexity index is 943. The molecule has 0 bridgehead atoms. The van der Waals surface area contributed by atoms with E-state index in [1.165, 1.54) is 11.8 Å². The summed E-state index contributed by atoms with van der Waals surface area (Å²) in [5.41, 5.74) is 0.783. The highest BCUT2D eigenvalue weighted by molar-refractivity contribution is 8.00. The van der Waals surface area contributed by atoms with Crippen LogP contribution in [0.2, 0.25) is 5.02 Å². The van der Waals surface area contributed by atoms with Crippen molar-refractivity contribution in [2.75, 3.05) is 12.9 Å². The fourth-order valence-corrected chi connectivity index (χ4v) is 3.54. The van der Waals surface area contributed by atoms with Gasteiger partial charge in [-0.3, -0.25) is 4.79 Å². The second-order valence-electron chi connectivity index (χ2n) is 6.59. The number of aromatic nitrogens is 2. The molecule has 0 fully saturated rings. The molecule has 0 spiro atoms. The van der Waals surface area contributed by atoms with Crippen molar-refractivity contribution in [3.05, 3.63) is 59.4 Å². The third-order valence-electron chi connectivity index (χ3n) is 4.23. The van der Waals surface area contributed by atoms with Crippen LogP contribution in [0, 0.1) is 0 Å². The van der Waals surface area contributed by atoms with Crippen molar-refractivity contribution in [2.24, 2.45) is 0 Å². The lowest BCUT2D eigenvalue weighted by Crippen LogP contribution is -2.37. The summed E-state index contributed by atoms with van der Waals surface area (Å²) >= 11 is 7.39. The van der Waals surface area contributed by atoms with Crippen molar-refractivity contribution in [2.45, 2.75) is 31.3 Å². The number of methoxy groups -OCH3 is 1. The zero-order valence-corrected chi connectivity index (χ0v) is 18.0. The number of amides is 1. The van der Waals surface area contributed by atoms with Gasteiger partial charge in [0.2, 0.25) is 17.7 Å². The highest BCUT2D eigenvalue weighted by Gasteiger charge is 2.21. The van der Waals surface area contributed by atoms with Crippen molar-refractivity contribution in [3.63, 3.8) is 0 Å². The van der Waals surface area contributed by atoms with Gasteiger partial charge in [-0.15, -0.1) is 22.0 Å². The van der Waals surface area contributed by atoms with Crippen molar-refractivity contribution in [1.29, 1.82) is 0 Å². The average molecular weight is 432 g/mol. The number of hydrogen-bond acceptors (Lipinski definition) is 6. The molecular formula is C21H22ClN3O3S. The smallest absolute Gasteiger partial charge is 0.247 e. The summed E-state index contributed by atoms with van der Waals surface area (Å²) in [7, 11) is 1.63. The van der Waals surface area contributed by atoms with E-state index in [9.17, 15) is 4.79 Å². The monoisotopic (exact) mass is 431 g/mol. The average Bonchev–Trinajstić information content (AvgIpc) is 3.19. The molecule has 0 N–H and O–H groups in total. The topological polar surface area (TPSA) is 68.5 Å².